The number of rotatable bonds is 4. The number of aliphatic hydroxyl groups is 1. The van der Waals surface area contributed by atoms with Gasteiger partial charge in [0.1, 0.15) is 12.4 Å². The number of aliphatic hydroxyl groups excluding tert-OH is 1. The Morgan fingerprint density at radius 2 is 2.11 bits per heavy atom. The minimum absolute atomic E-state index is 0.0422. The predicted molar refractivity (Wildman–Crippen MR) is 67.4 cm³/mol. The van der Waals surface area contributed by atoms with Crippen molar-refractivity contribution in [2.45, 2.75) is 37.9 Å². The quantitative estimate of drug-likeness (QED) is 0.511. The summed E-state index contributed by atoms with van der Waals surface area (Å²) < 4.78 is 5.55. The molecule has 1 aromatic rings. The number of nitro benzene ring substituents is 1. The lowest BCUT2D eigenvalue weighted by molar-refractivity contribution is -0.386. The molecule has 0 amide bonds. The summed E-state index contributed by atoms with van der Waals surface area (Å²) in [7, 11) is 0. The highest BCUT2D eigenvalue weighted by molar-refractivity contribution is 5.76. The number of benzene rings is 1. The van der Waals surface area contributed by atoms with Crippen molar-refractivity contribution in [3.63, 3.8) is 0 Å². The highest BCUT2D eigenvalue weighted by Crippen LogP contribution is 2.31. The zero-order chi connectivity index (χ0) is 13.8. The smallest absolute Gasteiger partial charge is 0.310 e. The van der Waals surface area contributed by atoms with Crippen LogP contribution in [0.4, 0.5) is 5.69 Å². The SMILES string of the molecule is O=Cc1ccc([N+](=O)[O-])c(OC2CCCCC2O)c1. The van der Waals surface area contributed by atoms with Gasteiger partial charge in [-0.05, 0) is 31.4 Å². The van der Waals surface area contributed by atoms with E-state index in [0.29, 0.717) is 24.7 Å². The van der Waals surface area contributed by atoms with E-state index in [1.165, 1.54) is 18.2 Å². The molecule has 1 N–H and O–H groups in total. The molecule has 102 valence electrons. The summed E-state index contributed by atoms with van der Waals surface area (Å²) in [6.07, 6.45) is 2.67. The number of carbonyl (C=O) groups is 1. The van der Waals surface area contributed by atoms with E-state index in [-0.39, 0.29) is 11.4 Å². The van der Waals surface area contributed by atoms with Crippen LogP contribution in [-0.2, 0) is 0 Å². The lowest BCUT2D eigenvalue weighted by atomic mass is 9.95. The average Bonchev–Trinajstić information content (AvgIpc) is 2.41. The summed E-state index contributed by atoms with van der Waals surface area (Å²) in [6, 6.07) is 3.95. The minimum atomic E-state index is -0.617. The number of nitro groups is 1. The monoisotopic (exact) mass is 265 g/mol. The normalized spacial score (nSPS) is 22.8. The first-order valence-electron chi connectivity index (χ1n) is 6.20. The Hall–Kier alpha value is -1.95. The average molecular weight is 265 g/mol. The van der Waals surface area contributed by atoms with E-state index in [1.807, 2.05) is 0 Å². The van der Waals surface area contributed by atoms with Crippen molar-refractivity contribution in [1.82, 2.24) is 0 Å². The zero-order valence-electron chi connectivity index (χ0n) is 10.3. The second-order valence-corrected chi connectivity index (χ2v) is 4.61. The Balaban J connectivity index is 2.26. The summed E-state index contributed by atoms with van der Waals surface area (Å²) in [5.41, 5.74) is 0.120. The minimum Gasteiger partial charge on any atom is -0.481 e. The van der Waals surface area contributed by atoms with Gasteiger partial charge in [0.25, 0.3) is 0 Å². The summed E-state index contributed by atoms with van der Waals surface area (Å²) in [6.45, 7) is 0. The van der Waals surface area contributed by atoms with Crippen LogP contribution < -0.4 is 4.74 Å². The number of carbonyl (C=O) groups excluding carboxylic acids is 1. The molecule has 1 aliphatic carbocycles. The molecule has 2 atom stereocenters. The molecular weight excluding hydrogens is 250 g/mol. The first kappa shape index (κ1) is 13.5. The molecule has 1 aliphatic rings. The molecule has 0 radical (unpaired) electrons. The maximum absolute atomic E-state index is 10.9. The summed E-state index contributed by atoms with van der Waals surface area (Å²) in [4.78, 5) is 21.1. The first-order chi connectivity index (χ1) is 9.11. The van der Waals surface area contributed by atoms with Crippen molar-refractivity contribution in [2.75, 3.05) is 0 Å². The van der Waals surface area contributed by atoms with Crippen molar-refractivity contribution >= 4 is 12.0 Å². The van der Waals surface area contributed by atoms with E-state index in [2.05, 4.69) is 0 Å². The Bertz CT molecular complexity index is 488. The second kappa shape index (κ2) is 5.79. The Morgan fingerprint density at radius 3 is 2.74 bits per heavy atom. The van der Waals surface area contributed by atoms with Gasteiger partial charge in [-0.25, -0.2) is 0 Å². The molecule has 0 spiro atoms. The molecule has 0 bridgehead atoms. The molecule has 6 nitrogen and oxygen atoms in total. The van der Waals surface area contributed by atoms with Crippen LogP contribution in [0.5, 0.6) is 5.75 Å². The number of ether oxygens (including phenoxy) is 1. The van der Waals surface area contributed by atoms with Crippen LogP contribution in [0.15, 0.2) is 18.2 Å². The Labute approximate surface area is 110 Å². The van der Waals surface area contributed by atoms with Gasteiger partial charge in [0.05, 0.1) is 11.0 Å². The molecule has 1 fully saturated rings. The molecular formula is C13H15NO5. The first-order valence-corrected chi connectivity index (χ1v) is 6.20. The van der Waals surface area contributed by atoms with E-state index in [0.717, 1.165) is 12.8 Å². The molecule has 19 heavy (non-hydrogen) atoms. The maximum atomic E-state index is 10.9. The van der Waals surface area contributed by atoms with Crippen molar-refractivity contribution in [3.8, 4) is 5.75 Å². The topological polar surface area (TPSA) is 89.7 Å². The summed E-state index contributed by atoms with van der Waals surface area (Å²) in [5, 5.41) is 20.7. The molecule has 2 unspecified atom stereocenters. The third-order valence-corrected chi connectivity index (χ3v) is 3.26. The van der Waals surface area contributed by atoms with Gasteiger partial charge in [-0.3, -0.25) is 14.9 Å². The van der Waals surface area contributed by atoms with Gasteiger partial charge in [-0.2, -0.15) is 0 Å². The van der Waals surface area contributed by atoms with Crippen LogP contribution in [0.25, 0.3) is 0 Å². The Kier molecular flexibility index (Phi) is 4.11. The number of hydrogen-bond acceptors (Lipinski definition) is 5. The van der Waals surface area contributed by atoms with Crippen molar-refractivity contribution in [1.29, 1.82) is 0 Å². The number of hydrogen-bond donors (Lipinski definition) is 1. The van der Waals surface area contributed by atoms with Crippen molar-refractivity contribution in [3.05, 3.63) is 33.9 Å². The van der Waals surface area contributed by atoms with Crippen LogP contribution in [-0.4, -0.2) is 28.5 Å². The molecule has 6 heteroatoms. The molecule has 0 aliphatic heterocycles. The van der Waals surface area contributed by atoms with Gasteiger partial charge in [0.15, 0.2) is 5.75 Å². The van der Waals surface area contributed by atoms with Crippen LogP contribution >= 0.6 is 0 Å². The van der Waals surface area contributed by atoms with Gasteiger partial charge < -0.3 is 9.84 Å². The molecule has 2 rings (SSSR count). The Morgan fingerprint density at radius 1 is 1.37 bits per heavy atom. The fourth-order valence-corrected chi connectivity index (χ4v) is 2.23. The lowest BCUT2D eigenvalue weighted by Gasteiger charge is -2.28. The van der Waals surface area contributed by atoms with Gasteiger partial charge >= 0.3 is 5.69 Å². The van der Waals surface area contributed by atoms with Gasteiger partial charge in [-0.1, -0.05) is 6.42 Å². The number of aldehydes is 1. The van der Waals surface area contributed by atoms with Gasteiger partial charge in [0, 0.05) is 11.6 Å². The number of nitrogens with zero attached hydrogens (tertiary/aromatic N) is 1. The van der Waals surface area contributed by atoms with Gasteiger partial charge in [-0.15, -0.1) is 0 Å². The van der Waals surface area contributed by atoms with E-state index in [4.69, 9.17) is 4.74 Å². The van der Waals surface area contributed by atoms with E-state index in [9.17, 15) is 20.0 Å². The van der Waals surface area contributed by atoms with Crippen LogP contribution in [0, 0.1) is 10.1 Å². The maximum Gasteiger partial charge on any atom is 0.310 e. The van der Waals surface area contributed by atoms with Crippen LogP contribution in [0.2, 0.25) is 0 Å². The van der Waals surface area contributed by atoms with Crippen LogP contribution in [0.1, 0.15) is 36.0 Å². The van der Waals surface area contributed by atoms with Crippen molar-refractivity contribution in [2.24, 2.45) is 0 Å². The van der Waals surface area contributed by atoms with E-state index < -0.39 is 17.1 Å². The zero-order valence-corrected chi connectivity index (χ0v) is 10.3. The van der Waals surface area contributed by atoms with E-state index >= 15 is 0 Å². The summed E-state index contributed by atoms with van der Waals surface area (Å²) >= 11 is 0. The van der Waals surface area contributed by atoms with Crippen molar-refractivity contribution < 1.29 is 19.6 Å². The van der Waals surface area contributed by atoms with Crippen LogP contribution in [0.3, 0.4) is 0 Å². The highest BCUT2D eigenvalue weighted by Gasteiger charge is 2.27. The molecule has 0 heterocycles. The van der Waals surface area contributed by atoms with Gasteiger partial charge in [0.2, 0.25) is 0 Å². The largest absolute Gasteiger partial charge is 0.481 e. The third kappa shape index (κ3) is 3.08. The van der Waals surface area contributed by atoms with E-state index in [1.54, 1.807) is 0 Å². The standard InChI is InChI=1S/C13H15NO5/c15-8-9-5-6-10(14(17)18)13(7-9)19-12-4-2-1-3-11(12)16/h5-8,11-12,16H,1-4H2. The molecule has 0 aromatic heterocycles. The summed E-state index contributed by atoms with van der Waals surface area (Å²) in [5.74, 6) is 0.0422. The second-order valence-electron chi connectivity index (χ2n) is 4.61. The molecule has 0 saturated heterocycles. The highest BCUT2D eigenvalue weighted by atomic mass is 16.6. The fraction of sp³-hybridized carbons (Fsp3) is 0.462. The predicted octanol–water partition coefficient (Wildman–Crippen LogP) is 2.09. The molecule has 1 saturated carbocycles. The molecule has 1 aromatic carbocycles. The lowest BCUT2D eigenvalue weighted by Crippen LogP contribution is -2.34. The fourth-order valence-electron chi connectivity index (χ4n) is 2.23. The third-order valence-electron chi connectivity index (χ3n) is 3.26.